The Hall–Kier alpha value is -2.46. The van der Waals surface area contributed by atoms with Crippen molar-refractivity contribution in [3.8, 4) is 11.5 Å². The van der Waals surface area contributed by atoms with Gasteiger partial charge in [-0.15, -0.1) is 0 Å². The van der Waals surface area contributed by atoms with E-state index in [1.807, 2.05) is 0 Å². The van der Waals surface area contributed by atoms with E-state index in [0.29, 0.717) is 0 Å². The van der Waals surface area contributed by atoms with Gasteiger partial charge in [0, 0.05) is 23.2 Å². The van der Waals surface area contributed by atoms with Gasteiger partial charge in [-0.1, -0.05) is 37.1 Å². The molecule has 0 unspecified atom stereocenters. The van der Waals surface area contributed by atoms with Gasteiger partial charge in [0.05, 0.1) is 23.2 Å². The van der Waals surface area contributed by atoms with Gasteiger partial charge in [-0.25, -0.2) is 0 Å². The molecule has 4 nitrogen and oxygen atoms in total. The Morgan fingerprint density at radius 1 is 0.656 bits per heavy atom. The van der Waals surface area contributed by atoms with Crippen LogP contribution < -0.4 is 10.6 Å². The summed E-state index contributed by atoms with van der Waals surface area (Å²) in [4.78, 5) is 0. The average molecular weight is 460 g/mol. The third-order valence-corrected chi connectivity index (χ3v) is 6.30. The molecule has 1 saturated heterocycles. The fraction of sp³-hybridized carbons (Fsp3) is 0.455. The number of benzene rings is 2. The maximum absolute atomic E-state index is 13.4. The number of rotatable bonds is 2. The third-order valence-electron chi connectivity index (χ3n) is 6.30. The molecule has 2 aromatic carbocycles. The van der Waals surface area contributed by atoms with Crippen LogP contribution in [-0.4, -0.2) is 22.3 Å². The van der Waals surface area contributed by atoms with E-state index in [9.17, 15) is 36.6 Å². The van der Waals surface area contributed by atoms with Crippen molar-refractivity contribution in [3.63, 3.8) is 0 Å². The number of hydrogen-bond acceptors (Lipinski definition) is 4. The summed E-state index contributed by atoms with van der Waals surface area (Å²) in [5.74, 6) is -1.96. The normalized spacial score (nSPS) is 26.6. The molecule has 1 aliphatic carbocycles. The van der Waals surface area contributed by atoms with Crippen LogP contribution in [0.3, 0.4) is 0 Å². The van der Waals surface area contributed by atoms with E-state index in [2.05, 4.69) is 10.6 Å². The molecule has 2 fully saturated rings. The first kappa shape index (κ1) is 22.7. The van der Waals surface area contributed by atoms with Gasteiger partial charge in [-0.2, -0.15) is 26.3 Å². The molecule has 0 spiro atoms. The summed E-state index contributed by atoms with van der Waals surface area (Å²) in [5, 5.41) is 27.4. The van der Waals surface area contributed by atoms with Crippen LogP contribution in [0.4, 0.5) is 26.3 Å². The minimum absolute atomic E-state index is 0.0989. The standard InChI is InChI=1S/C22H22F6N2O2/c23-21(24,25)13-7-3-5-11(19(13)31)17-18(30-16-10-2-1-9-15(16)29-17)12-6-4-8-14(20(12)32)22(26,27)28/h3-8,15-18,29-32H,1-2,9-10H2/t15-,16-,17+,18+/m1/s1. The number of aromatic hydroxyl groups is 2. The molecule has 174 valence electrons. The van der Waals surface area contributed by atoms with Crippen molar-refractivity contribution in [2.45, 2.75) is 62.2 Å². The molecule has 4 N–H and O–H groups in total. The lowest BCUT2D eigenvalue weighted by molar-refractivity contribution is -0.139. The predicted molar refractivity (Wildman–Crippen MR) is 104 cm³/mol. The molecule has 2 aliphatic rings. The minimum atomic E-state index is -4.80. The van der Waals surface area contributed by atoms with Gasteiger partial charge in [0.2, 0.25) is 0 Å². The second-order valence-electron chi connectivity index (χ2n) is 8.27. The number of fused-ring (bicyclic) bond motifs is 1. The molecule has 4 rings (SSSR count). The average Bonchev–Trinajstić information content (AvgIpc) is 2.71. The van der Waals surface area contributed by atoms with Gasteiger partial charge in [-0.3, -0.25) is 0 Å². The molecule has 0 aromatic heterocycles. The molecular formula is C22H22F6N2O2. The Morgan fingerprint density at radius 3 is 1.38 bits per heavy atom. The number of para-hydroxylation sites is 2. The largest absolute Gasteiger partial charge is 0.507 e. The van der Waals surface area contributed by atoms with Crippen LogP contribution in [0.25, 0.3) is 0 Å². The summed E-state index contributed by atoms with van der Waals surface area (Å²) < 4.78 is 80.2. The zero-order valence-corrected chi connectivity index (χ0v) is 16.8. The monoisotopic (exact) mass is 460 g/mol. The maximum Gasteiger partial charge on any atom is 0.419 e. The van der Waals surface area contributed by atoms with Crippen molar-refractivity contribution in [1.29, 1.82) is 0 Å². The van der Waals surface area contributed by atoms with E-state index in [-0.39, 0.29) is 23.2 Å². The highest BCUT2D eigenvalue weighted by atomic mass is 19.4. The first-order chi connectivity index (χ1) is 15.0. The molecule has 0 bridgehead atoms. The maximum atomic E-state index is 13.4. The van der Waals surface area contributed by atoms with Crippen molar-refractivity contribution in [2.24, 2.45) is 0 Å². The zero-order chi connectivity index (χ0) is 23.3. The summed E-state index contributed by atoms with van der Waals surface area (Å²) in [6.45, 7) is 0. The highest BCUT2D eigenvalue weighted by molar-refractivity contribution is 5.49. The lowest BCUT2D eigenvalue weighted by atomic mass is 9.81. The summed E-state index contributed by atoms with van der Waals surface area (Å²) in [5.41, 5.74) is -2.65. The van der Waals surface area contributed by atoms with E-state index in [4.69, 9.17) is 0 Å². The van der Waals surface area contributed by atoms with Crippen LogP contribution in [0, 0.1) is 0 Å². The van der Waals surface area contributed by atoms with E-state index < -0.39 is 47.1 Å². The predicted octanol–water partition coefficient (Wildman–Crippen LogP) is 5.42. The third kappa shape index (κ3) is 4.13. The van der Waals surface area contributed by atoms with Crippen LogP contribution in [0.1, 0.15) is 60.0 Å². The molecule has 1 saturated carbocycles. The zero-order valence-electron chi connectivity index (χ0n) is 16.8. The Morgan fingerprint density at radius 2 is 1.03 bits per heavy atom. The van der Waals surface area contributed by atoms with Crippen molar-refractivity contribution in [2.75, 3.05) is 0 Å². The highest BCUT2D eigenvalue weighted by Gasteiger charge is 2.44. The molecule has 1 heterocycles. The SMILES string of the molecule is Oc1c([C@@H]2N[C@@H]3CCCC[C@H]3N[C@H]2c2cccc(C(F)(F)F)c2O)cccc1C(F)(F)F. The second kappa shape index (κ2) is 8.15. The Bertz CT molecular complexity index is 912. The van der Waals surface area contributed by atoms with E-state index >= 15 is 0 Å². The number of alkyl halides is 6. The Kier molecular flexibility index (Phi) is 5.79. The summed E-state index contributed by atoms with van der Waals surface area (Å²) in [6.07, 6.45) is -6.34. The van der Waals surface area contributed by atoms with Gasteiger partial charge in [0.1, 0.15) is 11.5 Å². The van der Waals surface area contributed by atoms with E-state index in [1.165, 1.54) is 12.1 Å². The summed E-state index contributed by atoms with van der Waals surface area (Å²) in [6, 6.07) is 4.15. The van der Waals surface area contributed by atoms with Crippen LogP contribution in [-0.2, 0) is 12.4 Å². The van der Waals surface area contributed by atoms with Gasteiger partial charge in [0.25, 0.3) is 0 Å². The van der Waals surface area contributed by atoms with Gasteiger partial charge >= 0.3 is 12.4 Å². The van der Waals surface area contributed by atoms with E-state index in [1.54, 1.807) is 0 Å². The van der Waals surface area contributed by atoms with Crippen LogP contribution in [0.15, 0.2) is 36.4 Å². The van der Waals surface area contributed by atoms with Crippen molar-refractivity contribution in [1.82, 2.24) is 10.6 Å². The van der Waals surface area contributed by atoms with Gasteiger partial charge in [-0.05, 0) is 25.0 Å². The fourth-order valence-corrected chi connectivity index (χ4v) is 4.80. The molecule has 2 aromatic rings. The molecular weight excluding hydrogens is 438 g/mol. The number of halogens is 6. The van der Waals surface area contributed by atoms with Crippen molar-refractivity contribution >= 4 is 0 Å². The first-order valence-electron chi connectivity index (χ1n) is 10.3. The van der Waals surface area contributed by atoms with Crippen LogP contribution >= 0.6 is 0 Å². The number of hydrogen-bond donors (Lipinski definition) is 4. The molecule has 0 amide bonds. The molecule has 1 aliphatic heterocycles. The highest BCUT2D eigenvalue weighted by Crippen LogP contribution is 2.47. The quantitative estimate of drug-likeness (QED) is 0.452. The first-order valence-corrected chi connectivity index (χ1v) is 10.3. The summed E-state index contributed by atoms with van der Waals surface area (Å²) in [7, 11) is 0. The van der Waals surface area contributed by atoms with Gasteiger partial charge in [0.15, 0.2) is 0 Å². The topological polar surface area (TPSA) is 64.5 Å². The molecule has 32 heavy (non-hydrogen) atoms. The molecule has 0 radical (unpaired) electrons. The second-order valence-corrected chi connectivity index (χ2v) is 8.27. The minimum Gasteiger partial charge on any atom is -0.507 e. The lowest BCUT2D eigenvalue weighted by Gasteiger charge is -2.46. The Balaban J connectivity index is 1.83. The number of phenolic OH excluding ortho intramolecular Hbond substituents is 2. The van der Waals surface area contributed by atoms with Crippen molar-refractivity contribution in [3.05, 3.63) is 58.7 Å². The summed E-state index contributed by atoms with van der Waals surface area (Å²) >= 11 is 0. The Labute approximate surface area is 180 Å². The lowest BCUT2D eigenvalue weighted by Crippen LogP contribution is -2.59. The molecule has 4 atom stereocenters. The van der Waals surface area contributed by atoms with Crippen LogP contribution in [0.2, 0.25) is 0 Å². The smallest absolute Gasteiger partial charge is 0.419 e. The number of phenols is 2. The van der Waals surface area contributed by atoms with Crippen LogP contribution in [0.5, 0.6) is 11.5 Å². The molecule has 10 heteroatoms. The van der Waals surface area contributed by atoms with Crippen molar-refractivity contribution < 1.29 is 36.6 Å². The number of nitrogens with one attached hydrogen (secondary N) is 2. The van der Waals surface area contributed by atoms with Gasteiger partial charge < -0.3 is 20.8 Å². The number of piperazine rings is 1. The van der Waals surface area contributed by atoms with E-state index in [0.717, 1.165) is 49.9 Å². The fourth-order valence-electron chi connectivity index (χ4n) is 4.80.